The fraction of sp³-hybridized carbons (Fsp3) is 0.733. The van der Waals surface area contributed by atoms with Crippen molar-refractivity contribution in [2.75, 3.05) is 18.5 Å². The number of aliphatic hydroxyl groups excluding tert-OH is 1. The number of thiocarbonyl (C=S) groups is 1. The van der Waals surface area contributed by atoms with Crippen molar-refractivity contribution in [3.05, 3.63) is 30.1 Å². The lowest BCUT2D eigenvalue weighted by Crippen LogP contribution is -2.60. The lowest BCUT2D eigenvalue weighted by molar-refractivity contribution is -0.193. The smallest absolute Gasteiger partial charge is 0.312 e. The van der Waals surface area contributed by atoms with Crippen LogP contribution in [0.4, 0.5) is 10.1 Å². The molecule has 0 aliphatic heterocycles. The van der Waals surface area contributed by atoms with Gasteiger partial charge in [0.25, 0.3) is 0 Å². The summed E-state index contributed by atoms with van der Waals surface area (Å²) in [4.78, 5) is 13.2. The van der Waals surface area contributed by atoms with E-state index in [1.54, 1.807) is 12.1 Å². The molecule has 4 saturated carbocycles. The van der Waals surface area contributed by atoms with Crippen molar-refractivity contribution in [1.82, 2.24) is 5.32 Å². The zero-order valence-corrected chi connectivity index (χ0v) is 23.6. The maximum atomic E-state index is 13.4. The van der Waals surface area contributed by atoms with E-state index in [9.17, 15) is 14.3 Å². The zero-order valence-electron chi connectivity index (χ0n) is 22.7. The molecule has 0 aromatic heterocycles. The van der Waals surface area contributed by atoms with Gasteiger partial charge in [-0.2, -0.15) is 0 Å². The van der Waals surface area contributed by atoms with Crippen LogP contribution in [-0.2, 0) is 9.53 Å². The van der Waals surface area contributed by atoms with Crippen molar-refractivity contribution in [2.24, 2.45) is 39.4 Å². The number of hydrogen-bond donors (Lipinski definition) is 3. The molecule has 3 N–H and O–H groups in total. The van der Waals surface area contributed by atoms with Crippen LogP contribution in [-0.4, -0.2) is 35.4 Å². The Morgan fingerprint density at radius 3 is 2.49 bits per heavy atom. The third kappa shape index (κ3) is 4.10. The molecule has 0 saturated heterocycles. The second-order valence-electron chi connectivity index (χ2n) is 13.1. The number of nitrogens with one attached hydrogen (secondary N) is 2. The van der Waals surface area contributed by atoms with Gasteiger partial charge >= 0.3 is 5.97 Å². The van der Waals surface area contributed by atoms with E-state index in [-0.39, 0.29) is 46.6 Å². The lowest BCUT2D eigenvalue weighted by atomic mass is 9.39. The highest BCUT2D eigenvalue weighted by molar-refractivity contribution is 7.80. The Kier molecular flexibility index (Phi) is 6.88. The van der Waals surface area contributed by atoms with Gasteiger partial charge in [-0.15, -0.1) is 0 Å². The maximum Gasteiger partial charge on any atom is 0.312 e. The second kappa shape index (κ2) is 9.48. The van der Waals surface area contributed by atoms with Crippen LogP contribution in [0.15, 0.2) is 24.3 Å². The Hall–Kier alpha value is -1.73. The number of carbonyl (C=O) groups is 1. The van der Waals surface area contributed by atoms with Gasteiger partial charge in [-0.3, -0.25) is 4.79 Å². The summed E-state index contributed by atoms with van der Waals surface area (Å²) in [7, 11) is 0. The minimum atomic E-state index is -0.434. The monoisotopic (exact) mass is 530 g/mol. The summed E-state index contributed by atoms with van der Waals surface area (Å²) in [6, 6.07) is 6.26. The molecular weight excluding hydrogens is 487 g/mol. The van der Waals surface area contributed by atoms with Crippen molar-refractivity contribution < 1.29 is 19.0 Å². The van der Waals surface area contributed by atoms with Crippen LogP contribution in [0.5, 0.6) is 0 Å². The normalized spacial score (nSPS) is 42.3. The molecule has 0 radical (unpaired) electrons. The van der Waals surface area contributed by atoms with Crippen LogP contribution in [0.25, 0.3) is 0 Å². The summed E-state index contributed by atoms with van der Waals surface area (Å²) < 4.78 is 19.0. The molecule has 0 unspecified atom stereocenters. The summed E-state index contributed by atoms with van der Waals surface area (Å²) in [5.41, 5.74) is 0.421. The van der Waals surface area contributed by atoms with Crippen molar-refractivity contribution in [3.8, 4) is 0 Å². The number of carbonyl (C=O) groups excluding carboxylic acids is 1. The Morgan fingerprint density at radius 2 is 1.81 bits per heavy atom. The molecular formula is C30H43FN2O3S. The molecule has 5 rings (SSSR count). The quantitative estimate of drug-likeness (QED) is 0.317. The fourth-order valence-corrected chi connectivity index (χ4v) is 10.2. The number of rotatable bonds is 5. The van der Waals surface area contributed by atoms with Crippen LogP contribution < -0.4 is 10.6 Å². The topological polar surface area (TPSA) is 70.6 Å². The van der Waals surface area contributed by atoms with Gasteiger partial charge in [-0.25, -0.2) is 4.39 Å². The Labute approximate surface area is 226 Å². The molecule has 37 heavy (non-hydrogen) atoms. The lowest BCUT2D eigenvalue weighted by Gasteiger charge is -2.65. The first kappa shape index (κ1) is 26.9. The highest BCUT2D eigenvalue weighted by Crippen LogP contribution is 2.75. The number of halogens is 1. The first-order chi connectivity index (χ1) is 17.5. The fourth-order valence-electron chi connectivity index (χ4n) is 9.97. The number of esters is 1. The minimum absolute atomic E-state index is 0.0237. The maximum absolute atomic E-state index is 13.4. The van der Waals surface area contributed by atoms with Crippen molar-refractivity contribution in [1.29, 1.82) is 0 Å². The first-order valence-corrected chi connectivity index (χ1v) is 14.5. The average molecular weight is 531 g/mol. The molecule has 5 nitrogen and oxygen atoms in total. The van der Waals surface area contributed by atoms with Crippen molar-refractivity contribution >= 4 is 29.0 Å². The number of benzene rings is 1. The molecule has 1 aromatic rings. The summed E-state index contributed by atoms with van der Waals surface area (Å²) in [5, 5.41) is 18.2. The third-order valence-corrected chi connectivity index (χ3v) is 11.5. The van der Waals surface area contributed by atoms with Crippen LogP contribution in [0.2, 0.25) is 0 Å². The van der Waals surface area contributed by atoms with E-state index >= 15 is 0 Å². The number of anilines is 1. The van der Waals surface area contributed by atoms with Crippen molar-refractivity contribution in [2.45, 2.75) is 85.1 Å². The molecule has 1 aromatic carbocycles. The predicted octanol–water partition coefficient (Wildman–Crippen LogP) is 6.07. The second-order valence-corrected chi connectivity index (χ2v) is 13.5. The molecule has 1 spiro atoms. The van der Waals surface area contributed by atoms with Gasteiger partial charge in [0.05, 0.1) is 12.0 Å². The van der Waals surface area contributed by atoms with E-state index in [0.717, 1.165) is 57.1 Å². The van der Waals surface area contributed by atoms with E-state index in [2.05, 4.69) is 31.4 Å². The van der Waals surface area contributed by atoms with Crippen LogP contribution in [0, 0.1) is 45.2 Å². The van der Waals surface area contributed by atoms with Crippen molar-refractivity contribution in [3.63, 3.8) is 0 Å². The molecule has 7 heteroatoms. The van der Waals surface area contributed by atoms with Gasteiger partial charge < -0.3 is 20.5 Å². The van der Waals surface area contributed by atoms with Gasteiger partial charge in [0, 0.05) is 24.3 Å². The standard InChI is InChI=1S/C30H43FN2O3S/c1-5-36-25(35)29(4)14-6-13-28(3)22(29)12-16-30-18-27(2,15-11-23(28)30)24(21(30)17-34)33-26(37)32-20-9-7-19(31)8-10-20/h7-10,21-24,34H,5-6,11-18H2,1-4H3,(H2,32,33,37)/t21-,22+,23+,24-,27+,28-,29-,30-/m1/s1. The third-order valence-electron chi connectivity index (χ3n) is 11.3. The number of aliphatic hydroxyl groups is 1. The minimum Gasteiger partial charge on any atom is -0.466 e. The van der Waals surface area contributed by atoms with Crippen LogP contribution in [0.3, 0.4) is 0 Å². The highest BCUT2D eigenvalue weighted by Gasteiger charge is 2.71. The van der Waals surface area contributed by atoms with Gasteiger partial charge in [0.1, 0.15) is 5.82 Å². The summed E-state index contributed by atoms with van der Waals surface area (Å²) in [5.74, 6) is 0.553. The van der Waals surface area contributed by atoms with Gasteiger partial charge in [0.15, 0.2) is 5.11 Å². The van der Waals surface area contributed by atoms with E-state index in [1.807, 2.05) is 6.92 Å². The Balaban J connectivity index is 1.42. The Bertz CT molecular complexity index is 1050. The zero-order chi connectivity index (χ0) is 26.6. The molecule has 204 valence electrons. The van der Waals surface area contributed by atoms with Crippen LogP contribution >= 0.6 is 12.2 Å². The molecule has 0 amide bonds. The van der Waals surface area contributed by atoms with Gasteiger partial charge in [-0.05, 0) is 123 Å². The largest absolute Gasteiger partial charge is 0.466 e. The van der Waals surface area contributed by atoms with Gasteiger partial charge in [0.2, 0.25) is 0 Å². The van der Waals surface area contributed by atoms with Gasteiger partial charge in [-0.1, -0.05) is 20.3 Å². The van der Waals surface area contributed by atoms with E-state index < -0.39 is 5.41 Å². The SMILES string of the molecule is CCOC(=O)[C@]1(C)CCC[C@@]2(C)[C@@H]3CC[C@@]4(C)C[C@]3(CC[C@@H]21)[C@H](CO)[C@H]4NC(=S)Nc1ccc(F)cc1. The van der Waals surface area contributed by atoms with E-state index in [1.165, 1.54) is 12.1 Å². The van der Waals surface area contributed by atoms with E-state index in [4.69, 9.17) is 17.0 Å². The molecule has 4 fully saturated rings. The highest BCUT2D eigenvalue weighted by atomic mass is 32.1. The van der Waals surface area contributed by atoms with Crippen LogP contribution in [0.1, 0.15) is 79.1 Å². The number of hydrogen-bond acceptors (Lipinski definition) is 4. The molecule has 4 aliphatic rings. The molecule has 8 atom stereocenters. The first-order valence-electron chi connectivity index (χ1n) is 14.1. The summed E-state index contributed by atoms with van der Waals surface area (Å²) >= 11 is 5.71. The number of fused-ring (bicyclic) bond motifs is 3. The molecule has 2 bridgehead atoms. The summed E-state index contributed by atoms with van der Waals surface area (Å²) in [6.45, 7) is 9.40. The Morgan fingerprint density at radius 1 is 1.11 bits per heavy atom. The predicted molar refractivity (Wildman–Crippen MR) is 147 cm³/mol. The van der Waals surface area contributed by atoms with E-state index in [0.29, 0.717) is 23.6 Å². The molecule has 0 heterocycles. The summed E-state index contributed by atoms with van der Waals surface area (Å²) in [6.07, 6.45) is 8.38. The number of ether oxygens (including phenoxy) is 1. The average Bonchev–Trinajstić information content (AvgIpc) is 3.01. The molecule has 4 aliphatic carbocycles.